The van der Waals surface area contributed by atoms with Crippen molar-refractivity contribution < 1.29 is 9.59 Å². The average molecular weight is 345 g/mol. The zero-order valence-electron chi connectivity index (χ0n) is 15.6. The second-order valence-electron chi connectivity index (χ2n) is 7.34. The molecule has 1 aromatic carbocycles. The fourth-order valence-corrected chi connectivity index (χ4v) is 3.35. The molecule has 0 saturated carbocycles. The van der Waals surface area contributed by atoms with Crippen molar-refractivity contribution in [2.75, 3.05) is 26.7 Å². The van der Waals surface area contributed by atoms with Gasteiger partial charge < -0.3 is 15.5 Å². The molecule has 0 aliphatic carbocycles. The quantitative estimate of drug-likeness (QED) is 0.797. The first-order valence-corrected chi connectivity index (χ1v) is 9.29. The first kappa shape index (κ1) is 19.4. The van der Waals surface area contributed by atoms with Gasteiger partial charge in [-0.15, -0.1) is 0 Å². The number of hydrogen-bond donors (Lipinski definition) is 2. The van der Waals surface area contributed by atoms with Gasteiger partial charge in [0.1, 0.15) is 6.04 Å². The lowest BCUT2D eigenvalue weighted by Gasteiger charge is -2.34. The summed E-state index contributed by atoms with van der Waals surface area (Å²) in [6, 6.07) is 8.96. The highest BCUT2D eigenvalue weighted by molar-refractivity contribution is 5.88. The van der Waals surface area contributed by atoms with E-state index in [2.05, 4.69) is 10.6 Å². The number of benzene rings is 1. The Kier molecular flexibility index (Phi) is 7.44. The topological polar surface area (TPSA) is 61.4 Å². The lowest BCUT2D eigenvalue weighted by Crippen LogP contribution is -2.47. The minimum Gasteiger partial charge on any atom is -0.341 e. The third-order valence-electron chi connectivity index (χ3n) is 4.70. The van der Waals surface area contributed by atoms with Gasteiger partial charge >= 0.3 is 0 Å². The Morgan fingerprint density at radius 2 is 1.80 bits per heavy atom. The molecule has 2 rings (SSSR count). The number of hydrogen-bond acceptors (Lipinski definition) is 3. The molecule has 1 aliphatic heterocycles. The van der Waals surface area contributed by atoms with E-state index in [0.717, 1.165) is 38.0 Å². The minimum absolute atomic E-state index is 0.00575. The van der Waals surface area contributed by atoms with Crippen LogP contribution in [0.1, 0.15) is 44.7 Å². The van der Waals surface area contributed by atoms with Gasteiger partial charge in [-0.2, -0.15) is 0 Å². The molecule has 1 fully saturated rings. The number of piperidine rings is 1. The molecule has 138 valence electrons. The standard InChI is InChI=1S/C20H31N3O2/c1-15(2)13-18(24)22-19(17-7-5-4-6-8-17)20(25)23-11-9-16(10-12-23)14-21-3/h4-8,15-16,19,21H,9-14H2,1-3H3,(H,22,24). The van der Waals surface area contributed by atoms with Crippen LogP contribution < -0.4 is 10.6 Å². The van der Waals surface area contributed by atoms with Gasteiger partial charge in [-0.3, -0.25) is 9.59 Å². The van der Waals surface area contributed by atoms with Gasteiger partial charge in [-0.05, 0) is 43.8 Å². The largest absolute Gasteiger partial charge is 0.341 e. The molecule has 0 aromatic heterocycles. The first-order chi connectivity index (χ1) is 12.0. The summed E-state index contributed by atoms with van der Waals surface area (Å²) < 4.78 is 0. The lowest BCUT2D eigenvalue weighted by molar-refractivity contribution is -0.138. The summed E-state index contributed by atoms with van der Waals surface area (Å²) in [5.41, 5.74) is 0.849. The highest BCUT2D eigenvalue weighted by Crippen LogP contribution is 2.22. The number of amides is 2. The molecule has 2 N–H and O–H groups in total. The van der Waals surface area contributed by atoms with Gasteiger partial charge in [0, 0.05) is 19.5 Å². The van der Waals surface area contributed by atoms with Gasteiger partial charge in [-0.1, -0.05) is 44.2 Å². The minimum atomic E-state index is -0.590. The van der Waals surface area contributed by atoms with Gasteiger partial charge in [-0.25, -0.2) is 0 Å². The molecule has 1 aromatic rings. The van der Waals surface area contributed by atoms with Crippen LogP contribution in [0, 0.1) is 11.8 Å². The third kappa shape index (κ3) is 5.85. The summed E-state index contributed by atoms with van der Waals surface area (Å²) in [6.45, 7) is 6.52. The van der Waals surface area contributed by atoms with E-state index in [1.807, 2.05) is 56.1 Å². The lowest BCUT2D eigenvalue weighted by atomic mass is 9.95. The highest BCUT2D eigenvalue weighted by atomic mass is 16.2. The van der Waals surface area contributed by atoms with Crippen molar-refractivity contribution in [3.63, 3.8) is 0 Å². The van der Waals surface area contributed by atoms with Gasteiger partial charge in [0.25, 0.3) is 0 Å². The van der Waals surface area contributed by atoms with Crippen LogP contribution >= 0.6 is 0 Å². The summed E-state index contributed by atoms with van der Waals surface area (Å²) in [4.78, 5) is 27.3. The van der Waals surface area contributed by atoms with Gasteiger partial charge in [0.2, 0.25) is 11.8 Å². The van der Waals surface area contributed by atoms with E-state index < -0.39 is 6.04 Å². The molecule has 0 bridgehead atoms. The van der Waals surface area contributed by atoms with E-state index in [4.69, 9.17) is 0 Å². The van der Waals surface area contributed by atoms with Crippen LogP contribution in [0.2, 0.25) is 0 Å². The third-order valence-corrected chi connectivity index (χ3v) is 4.70. The van der Waals surface area contributed by atoms with E-state index >= 15 is 0 Å². The molecule has 25 heavy (non-hydrogen) atoms. The van der Waals surface area contributed by atoms with Crippen molar-refractivity contribution in [2.24, 2.45) is 11.8 Å². The normalized spacial score (nSPS) is 16.7. The summed E-state index contributed by atoms with van der Waals surface area (Å²) in [6.07, 6.45) is 2.45. The molecule has 1 aliphatic rings. The molecule has 5 nitrogen and oxygen atoms in total. The van der Waals surface area contributed by atoms with E-state index in [1.54, 1.807) is 0 Å². The second-order valence-corrected chi connectivity index (χ2v) is 7.34. The summed E-state index contributed by atoms with van der Waals surface area (Å²) in [5, 5.41) is 6.17. The maximum atomic E-state index is 13.1. The zero-order valence-corrected chi connectivity index (χ0v) is 15.6. The van der Waals surface area contributed by atoms with Crippen molar-refractivity contribution >= 4 is 11.8 Å². The van der Waals surface area contributed by atoms with E-state index in [-0.39, 0.29) is 17.7 Å². The molecule has 1 atom stereocenters. The van der Waals surface area contributed by atoms with Gasteiger partial charge in [0.05, 0.1) is 0 Å². The maximum absolute atomic E-state index is 13.1. The molecule has 5 heteroatoms. The first-order valence-electron chi connectivity index (χ1n) is 9.29. The fraction of sp³-hybridized carbons (Fsp3) is 0.600. The Morgan fingerprint density at radius 1 is 1.16 bits per heavy atom. The van der Waals surface area contributed by atoms with E-state index in [9.17, 15) is 9.59 Å². The molecule has 1 heterocycles. The molecular weight excluding hydrogens is 314 g/mol. The van der Waals surface area contributed by atoms with Crippen molar-refractivity contribution in [3.05, 3.63) is 35.9 Å². The van der Waals surface area contributed by atoms with E-state index in [1.165, 1.54) is 0 Å². The Morgan fingerprint density at radius 3 is 2.36 bits per heavy atom. The van der Waals surface area contributed by atoms with Crippen LogP contribution in [0.25, 0.3) is 0 Å². The fourth-order valence-electron chi connectivity index (χ4n) is 3.35. The predicted octanol–water partition coefficient (Wildman–Crippen LogP) is 2.35. The van der Waals surface area contributed by atoms with Crippen molar-refractivity contribution in [3.8, 4) is 0 Å². The number of carbonyl (C=O) groups is 2. The van der Waals surface area contributed by atoms with Crippen molar-refractivity contribution in [2.45, 2.75) is 39.2 Å². The Labute approximate surface area is 151 Å². The van der Waals surface area contributed by atoms with E-state index in [0.29, 0.717) is 12.3 Å². The van der Waals surface area contributed by atoms with Crippen molar-refractivity contribution in [1.82, 2.24) is 15.5 Å². The van der Waals surface area contributed by atoms with Crippen molar-refractivity contribution in [1.29, 1.82) is 0 Å². The van der Waals surface area contributed by atoms with Gasteiger partial charge in [0.15, 0.2) is 0 Å². The van der Waals surface area contributed by atoms with Crippen LogP contribution in [-0.4, -0.2) is 43.4 Å². The molecule has 1 unspecified atom stereocenters. The monoisotopic (exact) mass is 345 g/mol. The molecule has 0 radical (unpaired) electrons. The number of nitrogens with zero attached hydrogens (tertiary/aromatic N) is 1. The maximum Gasteiger partial charge on any atom is 0.249 e. The number of rotatable bonds is 7. The second kappa shape index (κ2) is 9.56. The van der Waals surface area contributed by atoms with Crippen LogP contribution in [0.5, 0.6) is 0 Å². The molecular formula is C20H31N3O2. The van der Waals surface area contributed by atoms with Crippen LogP contribution in [0.3, 0.4) is 0 Å². The number of likely N-dealkylation sites (tertiary alicyclic amines) is 1. The summed E-state index contributed by atoms with van der Waals surface area (Å²) >= 11 is 0. The highest BCUT2D eigenvalue weighted by Gasteiger charge is 2.30. The number of nitrogens with one attached hydrogen (secondary N) is 2. The average Bonchev–Trinajstić information content (AvgIpc) is 2.60. The number of carbonyl (C=O) groups excluding carboxylic acids is 2. The molecule has 1 saturated heterocycles. The SMILES string of the molecule is CNCC1CCN(C(=O)C(NC(=O)CC(C)C)c2ccccc2)CC1. The zero-order chi connectivity index (χ0) is 18.2. The molecule has 2 amide bonds. The van der Waals surface area contributed by atoms with Crippen LogP contribution in [0.4, 0.5) is 0 Å². The van der Waals surface area contributed by atoms with Crippen LogP contribution in [0.15, 0.2) is 30.3 Å². The predicted molar refractivity (Wildman–Crippen MR) is 100 cm³/mol. The summed E-state index contributed by atoms with van der Waals surface area (Å²) in [7, 11) is 1.97. The Bertz CT molecular complexity index is 551. The molecule has 0 spiro atoms. The Hall–Kier alpha value is -1.88. The van der Waals surface area contributed by atoms with Crippen LogP contribution in [-0.2, 0) is 9.59 Å². The summed E-state index contributed by atoms with van der Waals surface area (Å²) in [5.74, 6) is 0.831. The Balaban J connectivity index is 2.07. The smallest absolute Gasteiger partial charge is 0.249 e.